The smallest absolute Gasteiger partial charge is 0.146 e. The van der Waals surface area contributed by atoms with Crippen LogP contribution in [0.1, 0.15) is 12.0 Å². The molecule has 1 aliphatic rings. The van der Waals surface area contributed by atoms with Crippen molar-refractivity contribution in [2.45, 2.75) is 13.0 Å². The highest BCUT2D eigenvalue weighted by Gasteiger charge is 2.16. The molecule has 0 aliphatic carbocycles. The average molecular weight is 305 g/mol. The van der Waals surface area contributed by atoms with Gasteiger partial charge in [-0.1, -0.05) is 23.7 Å². The van der Waals surface area contributed by atoms with Crippen LogP contribution in [0.25, 0.3) is 0 Å². The van der Waals surface area contributed by atoms with Crippen LogP contribution in [-0.2, 0) is 6.54 Å². The Bertz CT molecular complexity index is 414. The molecule has 0 saturated carbocycles. The molecule has 0 radical (unpaired) electrons. The van der Waals surface area contributed by atoms with E-state index in [1.807, 2.05) is 6.07 Å². The first-order valence-electron chi connectivity index (χ1n) is 6.64. The summed E-state index contributed by atoms with van der Waals surface area (Å²) < 4.78 is 13.9. The van der Waals surface area contributed by atoms with Crippen molar-refractivity contribution in [1.29, 1.82) is 0 Å². The molecule has 5 heteroatoms. The van der Waals surface area contributed by atoms with Gasteiger partial charge in [0, 0.05) is 37.6 Å². The highest BCUT2D eigenvalue weighted by molar-refractivity contribution is 6.30. The maximum absolute atomic E-state index is 13.9. The summed E-state index contributed by atoms with van der Waals surface area (Å²) in [5.41, 5.74) is 0.679. The minimum Gasteiger partial charge on any atom is -0.301 e. The largest absolute Gasteiger partial charge is 0.301 e. The van der Waals surface area contributed by atoms with Crippen LogP contribution in [-0.4, -0.2) is 48.4 Å². The van der Waals surface area contributed by atoms with Gasteiger partial charge in [0.1, 0.15) is 5.82 Å². The fourth-order valence-electron chi connectivity index (χ4n) is 2.44. The maximum atomic E-state index is 13.9. The van der Waals surface area contributed by atoms with E-state index in [0.717, 1.165) is 39.1 Å². The molecule has 1 fully saturated rings. The number of halogens is 3. The molecule has 106 valence electrons. The van der Waals surface area contributed by atoms with Gasteiger partial charge in [0.05, 0.1) is 5.02 Å². The van der Waals surface area contributed by atoms with E-state index >= 15 is 0 Å². The second-order valence-corrected chi connectivity index (χ2v) is 5.66. The van der Waals surface area contributed by atoms with Gasteiger partial charge < -0.3 is 4.90 Å². The molecule has 1 saturated heterocycles. The maximum Gasteiger partial charge on any atom is 0.146 e. The van der Waals surface area contributed by atoms with E-state index in [1.54, 1.807) is 12.1 Å². The standard InChI is InChI=1S/C14H19Cl2FN2/c15-5-8-18-6-2-7-19(10-9-18)11-12-3-1-4-13(16)14(12)17/h1,3-4H,2,5-11H2. The quantitative estimate of drug-likeness (QED) is 0.788. The Balaban J connectivity index is 1.94. The predicted octanol–water partition coefficient (Wildman–Crippen LogP) is 3.23. The number of hydrogen-bond acceptors (Lipinski definition) is 2. The van der Waals surface area contributed by atoms with Crippen LogP contribution in [0.15, 0.2) is 18.2 Å². The summed E-state index contributed by atoms with van der Waals surface area (Å²) in [5, 5.41) is 0.205. The van der Waals surface area contributed by atoms with Crippen LogP contribution < -0.4 is 0 Å². The third-order valence-corrected chi connectivity index (χ3v) is 3.97. The molecule has 0 atom stereocenters. The van der Waals surface area contributed by atoms with E-state index in [4.69, 9.17) is 23.2 Å². The molecule has 0 spiro atoms. The third kappa shape index (κ3) is 4.32. The second kappa shape index (κ2) is 7.44. The van der Waals surface area contributed by atoms with E-state index in [9.17, 15) is 4.39 Å². The SMILES string of the molecule is Fc1c(Cl)cccc1CN1CCCN(CCCl)CC1. The molecule has 19 heavy (non-hydrogen) atoms. The minimum atomic E-state index is -0.286. The lowest BCUT2D eigenvalue weighted by Gasteiger charge is -2.21. The number of rotatable bonds is 4. The van der Waals surface area contributed by atoms with Gasteiger partial charge >= 0.3 is 0 Å². The highest BCUT2D eigenvalue weighted by Crippen LogP contribution is 2.19. The molecule has 0 amide bonds. The van der Waals surface area contributed by atoms with Crippen molar-refractivity contribution < 1.29 is 4.39 Å². The molecule has 2 rings (SSSR count). The van der Waals surface area contributed by atoms with Gasteiger partial charge in [0.15, 0.2) is 0 Å². The zero-order chi connectivity index (χ0) is 13.7. The normalized spacial score (nSPS) is 18.5. The summed E-state index contributed by atoms with van der Waals surface area (Å²) >= 11 is 11.6. The average Bonchev–Trinajstić information content (AvgIpc) is 2.61. The molecule has 1 aromatic rings. The van der Waals surface area contributed by atoms with Crippen molar-refractivity contribution >= 4 is 23.2 Å². The lowest BCUT2D eigenvalue weighted by atomic mass is 10.2. The Labute approximate surface area is 124 Å². The van der Waals surface area contributed by atoms with Gasteiger partial charge in [0.25, 0.3) is 0 Å². The van der Waals surface area contributed by atoms with Crippen LogP contribution in [0.4, 0.5) is 4.39 Å². The molecule has 0 unspecified atom stereocenters. The van der Waals surface area contributed by atoms with Crippen molar-refractivity contribution in [1.82, 2.24) is 9.80 Å². The fraction of sp³-hybridized carbons (Fsp3) is 0.571. The number of hydrogen-bond donors (Lipinski definition) is 0. The monoisotopic (exact) mass is 304 g/mol. The predicted molar refractivity (Wildman–Crippen MR) is 78.5 cm³/mol. The summed E-state index contributed by atoms with van der Waals surface area (Å²) in [6, 6.07) is 5.20. The third-order valence-electron chi connectivity index (χ3n) is 3.51. The van der Waals surface area contributed by atoms with Gasteiger partial charge in [0.2, 0.25) is 0 Å². The van der Waals surface area contributed by atoms with E-state index in [1.165, 1.54) is 0 Å². The van der Waals surface area contributed by atoms with Gasteiger partial charge in [-0.2, -0.15) is 0 Å². The van der Waals surface area contributed by atoms with Crippen LogP contribution >= 0.6 is 23.2 Å². The van der Waals surface area contributed by atoms with E-state index in [2.05, 4.69) is 9.80 Å². The summed E-state index contributed by atoms with van der Waals surface area (Å²) in [5.74, 6) is 0.383. The Kier molecular flexibility index (Phi) is 5.89. The molecular formula is C14H19Cl2FN2. The lowest BCUT2D eigenvalue weighted by molar-refractivity contribution is 0.255. The molecule has 2 nitrogen and oxygen atoms in total. The minimum absolute atomic E-state index is 0.205. The lowest BCUT2D eigenvalue weighted by Crippen LogP contribution is -2.31. The van der Waals surface area contributed by atoms with Crippen molar-refractivity contribution in [2.75, 3.05) is 38.6 Å². The first-order chi connectivity index (χ1) is 9.20. The summed E-state index contributed by atoms with van der Waals surface area (Å²) in [6.07, 6.45) is 1.10. The van der Waals surface area contributed by atoms with Crippen LogP contribution in [0, 0.1) is 5.82 Å². The van der Waals surface area contributed by atoms with Crippen molar-refractivity contribution in [3.8, 4) is 0 Å². The molecule has 1 aromatic carbocycles. The van der Waals surface area contributed by atoms with Crippen molar-refractivity contribution in [2.24, 2.45) is 0 Å². The number of alkyl halides is 1. The molecule has 0 bridgehead atoms. The van der Waals surface area contributed by atoms with Crippen LogP contribution in [0.5, 0.6) is 0 Å². The zero-order valence-corrected chi connectivity index (χ0v) is 12.4. The highest BCUT2D eigenvalue weighted by atomic mass is 35.5. The Hall–Kier alpha value is -0.350. The topological polar surface area (TPSA) is 6.48 Å². The van der Waals surface area contributed by atoms with Gasteiger partial charge in [-0.25, -0.2) is 4.39 Å². The van der Waals surface area contributed by atoms with Gasteiger partial charge in [-0.15, -0.1) is 11.6 Å². The Morgan fingerprint density at radius 1 is 1.11 bits per heavy atom. The molecule has 1 heterocycles. The fourth-order valence-corrected chi connectivity index (χ4v) is 2.87. The number of nitrogens with zero attached hydrogens (tertiary/aromatic N) is 2. The summed E-state index contributed by atoms with van der Waals surface area (Å²) in [7, 11) is 0. The van der Waals surface area contributed by atoms with Gasteiger partial charge in [-0.3, -0.25) is 4.90 Å². The molecule has 1 aliphatic heterocycles. The van der Waals surface area contributed by atoms with Crippen LogP contribution in [0.2, 0.25) is 5.02 Å². The first-order valence-corrected chi connectivity index (χ1v) is 7.55. The second-order valence-electron chi connectivity index (χ2n) is 4.87. The van der Waals surface area contributed by atoms with E-state index in [-0.39, 0.29) is 10.8 Å². The molecular weight excluding hydrogens is 286 g/mol. The Morgan fingerprint density at radius 2 is 1.84 bits per heavy atom. The number of benzene rings is 1. The zero-order valence-electron chi connectivity index (χ0n) is 10.9. The van der Waals surface area contributed by atoms with Gasteiger partial charge in [-0.05, 0) is 25.6 Å². The molecule has 0 aromatic heterocycles. The van der Waals surface area contributed by atoms with Crippen molar-refractivity contribution in [3.05, 3.63) is 34.6 Å². The first kappa shape index (κ1) is 15.0. The van der Waals surface area contributed by atoms with E-state index in [0.29, 0.717) is 18.0 Å². The molecule has 0 N–H and O–H groups in total. The van der Waals surface area contributed by atoms with Crippen molar-refractivity contribution in [3.63, 3.8) is 0 Å². The Morgan fingerprint density at radius 3 is 2.63 bits per heavy atom. The summed E-state index contributed by atoms with van der Waals surface area (Å²) in [6.45, 7) is 5.56. The van der Waals surface area contributed by atoms with E-state index < -0.39 is 0 Å². The summed E-state index contributed by atoms with van der Waals surface area (Å²) in [4.78, 5) is 4.64. The van der Waals surface area contributed by atoms with Crippen LogP contribution in [0.3, 0.4) is 0 Å².